The van der Waals surface area contributed by atoms with E-state index in [1.807, 2.05) is 11.5 Å². The average Bonchev–Trinajstić information content (AvgIpc) is 3.11. The summed E-state index contributed by atoms with van der Waals surface area (Å²) in [6.45, 7) is 2.43. The zero-order valence-corrected chi connectivity index (χ0v) is 12.3. The van der Waals surface area contributed by atoms with Crippen molar-refractivity contribution in [1.29, 1.82) is 0 Å². The van der Waals surface area contributed by atoms with Crippen molar-refractivity contribution in [3.05, 3.63) is 24.4 Å². The maximum absolute atomic E-state index is 6.21. The molecule has 3 heterocycles. The summed E-state index contributed by atoms with van der Waals surface area (Å²) < 4.78 is 12.1. The van der Waals surface area contributed by atoms with Gasteiger partial charge in [-0.3, -0.25) is 0 Å². The highest BCUT2D eigenvalue weighted by Gasteiger charge is 2.19. The molecular weight excluding hydrogens is 296 g/mol. The average molecular weight is 309 g/mol. The first-order valence-electron chi connectivity index (χ1n) is 6.35. The van der Waals surface area contributed by atoms with Gasteiger partial charge in [0.15, 0.2) is 17.5 Å². The second-order valence-electron chi connectivity index (χ2n) is 4.38. The standard InChI is InChI=1S/C12H13ClN6O2/c1-7(13)10-18-9-11(15-5-16-12(9)20-2)19(10)4-3-8-14-6-17-21-8/h5-7H,3-4H2,1-2H3. The van der Waals surface area contributed by atoms with E-state index in [0.29, 0.717) is 41.7 Å². The van der Waals surface area contributed by atoms with Gasteiger partial charge in [0.05, 0.1) is 12.5 Å². The molecule has 3 aromatic heterocycles. The van der Waals surface area contributed by atoms with Gasteiger partial charge in [-0.25, -0.2) is 9.97 Å². The van der Waals surface area contributed by atoms with Crippen LogP contribution < -0.4 is 4.74 Å². The fraction of sp³-hybridized carbons (Fsp3) is 0.417. The Morgan fingerprint density at radius 2 is 2.19 bits per heavy atom. The van der Waals surface area contributed by atoms with Crippen LogP contribution in [0.2, 0.25) is 0 Å². The van der Waals surface area contributed by atoms with Crippen molar-refractivity contribution in [3.63, 3.8) is 0 Å². The fourth-order valence-corrected chi connectivity index (χ4v) is 2.29. The summed E-state index contributed by atoms with van der Waals surface area (Å²) in [5, 5.41) is 3.31. The number of ether oxygens (including phenoxy) is 1. The van der Waals surface area contributed by atoms with Crippen LogP contribution in [0.15, 0.2) is 17.2 Å². The summed E-state index contributed by atoms with van der Waals surface area (Å²) in [4.78, 5) is 16.8. The van der Waals surface area contributed by atoms with Gasteiger partial charge in [0.25, 0.3) is 0 Å². The van der Waals surface area contributed by atoms with Crippen molar-refractivity contribution in [3.8, 4) is 5.88 Å². The number of halogens is 1. The summed E-state index contributed by atoms with van der Waals surface area (Å²) in [6, 6.07) is 0. The van der Waals surface area contributed by atoms with E-state index in [2.05, 4.69) is 25.1 Å². The lowest BCUT2D eigenvalue weighted by atomic mass is 10.4. The number of aryl methyl sites for hydroxylation is 2. The predicted octanol–water partition coefficient (Wildman–Crippen LogP) is 1.76. The van der Waals surface area contributed by atoms with Crippen LogP contribution in [0.1, 0.15) is 24.0 Å². The fourth-order valence-electron chi connectivity index (χ4n) is 2.12. The van der Waals surface area contributed by atoms with Crippen molar-refractivity contribution < 1.29 is 9.26 Å². The number of fused-ring (bicyclic) bond motifs is 1. The molecule has 8 nitrogen and oxygen atoms in total. The van der Waals surface area contributed by atoms with Gasteiger partial charge in [-0.2, -0.15) is 9.97 Å². The van der Waals surface area contributed by atoms with Crippen LogP contribution in [0, 0.1) is 0 Å². The maximum Gasteiger partial charge on any atom is 0.245 e. The van der Waals surface area contributed by atoms with Gasteiger partial charge in [0, 0.05) is 13.0 Å². The van der Waals surface area contributed by atoms with Crippen molar-refractivity contribution in [1.82, 2.24) is 29.7 Å². The molecule has 0 fully saturated rings. The van der Waals surface area contributed by atoms with Crippen LogP contribution >= 0.6 is 11.6 Å². The smallest absolute Gasteiger partial charge is 0.245 e. The van der Waals surface area contributed by atoms with E-state index in [4.69, 9.17) is 20.9 Å². The van der Waals surface area contributed by atoms with Gasteiger partial charge < -0.3 is 13.8 Å². The normalized spacial score (nSPS) is 12.7. The molecule has 110 valence electrons. The molecule has 21 heavy (non-hydrogen) atoms. The Bertz CT molecular complexity index is 740. The first kappa shape index (κ1) is 13.7. The molecular formula is C12H13ClN6O2. The number of alkyl halides is 1. The van der Waals surface area contributed by atoms with Gasteiger partial charge >= 0.3 is 0 Å². The molecule has 3 aromatic rings. The summed E-state index contributed by atoms with van der Waals surface area (Å²) in [6.07, 6.45) is 3.38. The minimum absolute atomic E-state index is 0.272. The highest BCUT2D eigenvalue weighted by molar-refractivity contribution is 6.20. The molecule has 0 saturated carbocycles. The Morgan fingerprint density at radius 3 is 2.86 bits per heavy atom. The highest BCUT2D eigenvalue weighted by atomic mass is 35.5. The lowest BCUT2D eigenvalue weighted by molar-refractivity contribution is 0.370. The summed E-state index contributed by atoms with van der Waals surface area (Å²) in [5.41, 5.74) is 1.26. The largest absolute Gasteiger partial charge is 0.479 e. The number of methoxy groups -OCH3 is 1. The van der Waals surface area contributed by atoms with Gasteiger partial charge in [-0.15, -0.1) is 11.6 Å². The monoisotopic (exact) mass is 308 g/mol. The lowest BCUT2D eigenvalue weighted by Gasteiger charge is -2.08. The molecule has 0 saturated heterocycles. The van der Waals surface area contributed by atoms with E-state index in [-0.39, 0.29) is 5.38 Å². The Hall–Kier alpha value is -2.22. The second kappa shape index (κ2) is 5.65. The molecule has 0 bridgehead atoms. The number of aromatic nitrogens is 6. The van der Waals surface area contributed by atoms with E-state index in [1.54, 1.807) is 7.11 Å². The molecule has 0 aliphatic carbocycles. The van der Waals surface area contributed by atoms with E-state index < -0.39 is 0 Å². The van der Waals surface area contributed by atoms with Crippen LogP contribution in [0.3, 0.4) is 0 Å². The van der Waals surface area contributed by atoms with E-state index >= 15 is 0 Å². The van der Waals surface area contributed by atoms with Crippen LogP contribution in [-0.2, 0) is 13.0 Å². The molecule has 0 aromatic carbocycles. The molecule has 0 N–H and O–H groups in total. The Kier molecular flexibility index (Phi) is 3.70. The minimum atomic E-state index is -0.272. The maximum atomic E-state index is 6.21. The van der Waals surface area contributed by atoms with E-state index in [0.717, 1.165) is 0 Å². The third-order valence-corrected chi connectivity index (χ3v) is 3.23. The minimum Gasteiger partial charge on any atom is -0.479 e. The number of hydrogen-bond acceptors (Lipinski definition) is 7. The van der Waals surface area contributed by atoms with Crippen LogP contribution in [0.4, 0.5) is 0 Å². The first-order valence-corrected chi connectivity index (χ1v) is 6.79. The first-order chi connectivity index (χ1) is 10.2. The molecule has 0 aliphatic rings. The number of rotatable bonds is 5. The third kappa shape index (κ3) is 2.54. The summed E-state index contributed by atoms with van der Waals surface area (Å²) in [7, 11) is 1.54. The number of imidazole rings is 1. The molecule has 0 radical (unpaired) electrons. The Morgan fingerprint density at radius 1 is 1.33 bits per heavy atom. The molecule has 9 heteroatoms. The molecule has 3 rings (SSSR count). The van der Waals surface area contributed by atoms with Crippen molar-refractivity contribution in [2.45, 2.75) is 25.3 Å². The van der Waals surface area contributed by atoms with Gasteiger partial charge in [0.2, 0.25) is 11.8 Å². The zero-order valence-electron chi connectivity index (χ0n) is 11.5. The quantitative estimate of drug-likeness (QED) is 0.663. The zero-order chi connectivity index (χ0) is 14.8. The van der Waals surface area contributed by atoms with Crippen LogP contribution in [0.5, 0.6) is 5.88 Å². The molecule has 1 unspecified atom stereocenters. The topological polar surface area (TPSA) is 91.8 Å². The van der Waals surface area contributed by atoms with E-state index in [1.165, 1.54) is 12.7 Å². The van der Waals surface area contributed by atoms with Crippen LogP contribution in [0.25, 0.3) is 11.2 Å². The summed E-state index contributed by atoms with van der Waals surface area (Å²) >= 11 is 6.21. The lowest BCUT2D eigenvalue weighted by Crippen LogP contribution is -2.07. The molecule has 0 amide bonds. The van der Waals surface area contributed by atoms with Gasteiger partial charge in [0.1, 0.15) is 12.2 Å². The number of nitrogens with zero attached hydrogens (tertiary/aromatic N) is 6. The third-order valence-electron chi connectivity index (χ3n) is 3.03. The van der Waals surface area contributed by atoms with Crippen LogP contribution in [-0.4, -0.2) is 36.8 Å². The SMILES string of the molecule is COc1ncnc2c1nc(C(C)Cl)n2CCc1ncno1. The molecule has 0 spiro atoms. The number of hydrogen-bond donors (Lipinski definition) is 0. The van der Waals surface area contributed by atoms with Gasteiger partial charge in [-0.05, 0) is 6.92 Å². The van der Waals surface area contributed by atoms with Crippen molar-refractivity contribution >= 4 is 22.8 Å². The Balaban J connectivity index is 2.03. The Labute approximate surface area is 125 Å². The predicted molar refractivity (Wildman–Crippen MR) is 74.1 cm³/mol. The van der Waals surface area contributed by atoms with Crippen molar-refractivity contribution in [2.24, 2.45) is 0 Å². The second-order valence-corrected chi connectivity index (χ2v) is 5.03. The van der Waals surface area contributed by atoms with Crippen molar-refractivity contribution in [2.75, 3.05) is 7.11 Å². The highest BCUT2D eigenvalue weighted by Crippen LogP contribution is 2.27. The van der Waals surface area contributed by atoms with E-state index in [9.17, 15) is 0 Å². The molecule has 0 aliphatic heterocycles. The van der Waals surface area contributed by atoms with Gasteiger partial charge in [-0.1, -0.05) is 5.16 Å². The molecule has 1 atom stereocenters. The summed E-state index contributed by atoms with van der Waals surface area (Å²) in [5.74, 6) is 1.67.